The van der Waals surface area contributed by atoms with Crippen molar-refractivity contribution in [3.05, 3.63) is 65.2 Å². The zero-order valence-electron chi connectivity index (χ0n) is 20.7. The van der Waals surface area contributed by atoms with Crippen LogP contribution in [-0.2, 0) is 11.2 Å². The van der Waals surface area contributed by atoms with E-state index < -0.39 is 18.0 Å². The van der Waals surface area contributed by atoms with Crippen LogP contribution in [0.25, 0.3) is 22.5 Å². The van der Waals surface area contributed by atoms with Gasteiger partial charge in [-0.3, -0.25) is 14.6 Å². The Hall–Kier alpha value is -4.22. The molecule has 1 fully saturated rings. The van der Waals surface area contributed by atoms with E-state index in [-0.39, 0.29) is 23.4 Å². The summed E-state index contributed by atoms with van der Waals surface area (Å²) in [7, 11) is 0. The molecule has 39 heavy (non-hydrogen) atoms. The lowest BCUT2D eigenvalue weighted by Crippen LogP contribution is -2.36. The number of fused-ring (bicyclic) bond motifs is 1. The Balaban J connectivity index is 0.000000448. The number of pyridine rings is 1. The van der Waals surface area contributed by atoms with Crippen molar-refractivity contribution in [3.63, 3.8) is 0 Å². The van der Waals surface area contributed by atoms with Gasteiger partial charge in [0, 0.05) is 47.7 Å². The summed E-state index contributed by atoms with van der Waals surface area (Å²) in [6.07, 6.45) is 2.63. The number of carboxylic acid groups (broad SMARTS) is 1. The van der Waals surface area contributed by atoms with Gasteiger partial charge in [0.2, 0.25) is 0 Å². The second-order valence-corrected chi connectivity index (χ2v) is 9.32. The summed E-state index contributed by atoms with van der Waals surface area (Å²) in [5.41, 5.74) is 4.49. The smallest absolute Gasteiger partial charge is 0.475 e. The molecule has 3 heterocycles. The highest BCUT2D eigenvalue weighted by atomic mass is 19.4. The topological polar surface area (TPSA) is 124 Å². The van der Waals surface area contributed by atoms with Crippen molar-refractivity contribution in [2.24, 2.45) is 0 Å². The van der Waals surface area contributed by atoms with Gasteiger partial charge in [-0.05, 0) is 43.2 Å². The van der Waals surface area contributed by atoms with Gasteiger partial charge in [0.05, 0.1) is 16.8 Å². The predicted octanol–water partition coefficient (Wildman–Crippen LogP) is 4.86. The summed E-state index contributed by atoms with van der Waals surface area (Å²) < 4.78 is 46.6. The van der Waals surface area contributed by atoms with Crippen LogP contribution in [0, 0.1) is 5.82 Å². The number of aromatic nitrogens is 2. The van der Waals surface area contributed by atoms with Gasteiger partial charge in [0.25, 0.3) is 11.8 Å². The minimum atomic E-state index is -5.08. The Labute approximate surface area is 220 Å². The monoisotopic (exact) mass is 546 g/mol. The van der Waals surface area contributed by atoms with Crippen molar-refractivity contribution in [2.75, 3.05) is 6.54 Å². The van der Waals surface area contributed by atoms with Crippen molar-refractivity contribution >= 4 is 17.8 Å². The van der Waals surface area contributed by atoms with Gasteiger partial charge in [0.1, 0.15) is 5.82 Å². The van der Waals surface area contributed by atoms with E-state index in [4.69, 9.17) is 9.90 Å². The van der Waals surface area contributed by atoms with Crippen molar-refractivity contribution in [1.29, 1.82) is 0 Å². The molecule has 206 valence electrons. The van der Waals surface area contributed by atoms with E-state index in [1.54, 1.807) is 12.3 Å². The van der Waals surface area contributed by atoms with E-state index in [9.17, 15) is 27.2 Å². The Bertz CT molecular complexity index is 1380. The number of benzene rings is 1. The van der Waals surface area contributed by atoms with E-state index in [1.807, 2.05) is 18.2 Å². The third kappa shape index (κ3) is 6.81. The van der Waals surface area contributed by atoms with Crippen LogP contribution in [0.4, 0.5) is 17.6 Å². The number of amides is 2. The molecule has 0 bridgehead atoms. The lowest BCUT2D eigenvalue weighted by atomic mass is 9.95. The van der Waals surface area contributed by atoms with Gasteiger partial charge in [-0.1, -0.05) is 25.3 Å². The summed E-state index contributed by atoms with van der Waals surface area (Å²) in [5, 5.41) is 12.9. The lowest BCUT2D eigenvalue weighted by molar-refractivity contribution is -0.192. The van der Waals surface area contributed by atoms with Crippen LogP contribution in [0.15, 0.2) is 42.6 Å². The van der Waals surface area contributed by atoms with Crippen LogP contribution < -0.4 is 10.6 Å². The quantitative estimate of drug-likeness (QED) is 0.348. The highest BCUT2D eigenvalue weighted by Gasteiger charge is 2.38. The highest BCUT2D eigenvalue weighted by molar-refractivity contribution is 5.98. The normalized spacial score (nSPS) is 15.4. The molecule has 12 heteroatoms. The molecule has 5 rings (SSSR count). The van der Waals surface area contributed by atoms with Gasteiger partial charge in [-0.15, -0.1) is 0 Å². The van der Waals surface area contributed by atoms with Crippen molar-refractivity contribution in [1.82, 2.24) is 20.6 Å². The number of hydrogen-bond acceptors (Lipinski definition) is 4. The van der Waals surface area contributed by atoms with E-state index >= 15 is 0 Å². The van der Waals surface area contributed by atoms with E-state index in [1.165, 1.54) is 18.6 Å². The summed E-state index contributed by atoms with van der Waals surface area (Å²) >= 11 is 0. The maximum atomic E-state index is 14.8. The fraction of sp³-hybridized carbons (Fsp3) is 0.333. The fourth-order valence-electron chi connectivity index (χ4n) is 4.57. The average Bonchev–Trinajstić information content (AvgIpc) is 3.35. The maximum Gasteiger partial charge on any atom is 0.490 e. The SMILES string of the molecule is O=C(NC1CCCCC1)c1ccc(-c2cc(-c3cc4c([nH]3)CCNC4=O)ccn2)cc1F.O=C(O)C(F)(F)F. The van der Waals surface area contributed by atoms with Crippen LogP contribution in [0.5, 0.6) is 0 Å². The lowest BCUT2D eigenvalue weighted by Gasteiger charge is -2.22. The van der Waals surface area contributed by atoms with Crippen LogP contribution in [0.3, 0.4) is 0 Å². The highest BCUT2D eigenvalue weighted by Crippen LogP contribution is 2.28. The number of nitrogens with one attached hydrogen (secondary N) is 3. The molecule has 1 aliphatic carbocycles. The molecule has 1 aromatic carbocycles. The number of carbonyl (C=O) groups is 3. The van der Waals surface area contributed by atoms with Gasteiger partial charge in [-0.25, -0.2) is 9.18 Å². The van der Waals surface area contributed by atoms with Crippen LogP contribution in [0.2, 0.25) is 0 Å². The van der Waals surface area contributed by atoms with E-state index in [0.717, 1.165) is 49.1 Å². The number of alkyl halides is 3. The summed E-state index contributed by atoms with van der Waals surface area (Å²) in [6.45, 7) is 0.618. The Morgan fingerprint density at radius 2 is 1.74 bits per heavy atom. The molecular weight excluding hydrogens is 520 g/mol. The molecule has 1 saturated carbocycles. The number of carboxylic acids is 1. The standard InChI is InChI=1S/C25H25FN4O2.C2HF3O2/c26-20-12-15(6-7-18(20)25(32)29-17-4-2-1-3-5-17)22-13-16(8-10-27-22)23-14-19-21(30-23)9-11-28-24(19)31;3-2(4,5)1(6)7/h6-8,10,12-14,17,30H,1-5,9,11H2,(H,28,31)(H,29,32);(H,6,7). The molecule has 1 aliphatic heterocycles. The second-order valence-electron chi connectivity index (χ2n) is 9.32. The number of halogens is 4. The number of aliphatic carboxylic acids is 1. The van der Waals surface area contributed by atoms with Crippen LogP contribution in [0.1, 0.15) is 58.5 Å². The molecule has 0 saturated heterocycles. The van der Waals surface area contributed by atoms with Crippen LogP contribution in [-0.4, -0.2) is 51.6 Å². The molecule has 0 unspecified atom stereocenters. The number of carbonyl (C=O) groups excluding carboxylic acids is 2. The summed E-state index contributed by atoms with van der Waals surface area (Å²) in [4.78, 5) is 41.2. The number of aromatic amines is 1. The molecule has 0 atom stereocenters. The number of H-pyrrole nitrogens is 1. The van der Waals surface area contributed by atoms with E-state index in [0.29, 0.717) is 23.4 Å². The van der Waals surface area contributed by atoms with Gasteiger partial charge in [0.15, 0.2) is 0 Å². The molecule has 0 radical (unpaired) electrons. The fourth-order valence-corrected chi connectivity index (χ4v) is 4.57. The first-order valence-electron chi connectivity index (χ1n) is 12.4. The average molecular weight is 547 g/mol. The first-order chi connectivity index (χ1) is 18.5. The minimum absolute atomic E-state index is 0.0542. The number of hydrogen-bond donors (Lipinski definition) is 4. The number of rotatable bonds is 4. The van der Waals surface area contributed by atoms with Gasteiger partial charge < -0.3 is 20.7 Å². The van der Waals surface area contributed by atoms with E-state index in [2.05, 4.69) is 20.6 Å². The maximum absolute atomic E-state index is 14.8. The molecule has 8 nitrogen and oxygen atoms in total. The number of nitrogens with zero attached hydrogens (tertiary/aromatic N) is 1. The third-order valence-electron chi connectivity index (χ3n) is 6.57. The summed E-state index contributed by atoms with van der Waals surface area (Å²) in [6, 6.07) is 10.3. The summed E-state index contributed by atoms with van der Waals surface area (Å²) in [5.74, 6) is -3.76. The largest absolute Gasteiger partial charge is 0.490 e. The van der Waals surface area contributed by atoms with Crippen molar-refractivity contribution in [3.8, 4) is 22.5 Å². The minimum Gasteiger partial charge on any atom is -0.475 e. The molecule has 2 aromatic heterocycles. The Kier molecular flexibility index (Phi) is 8.32. The van der Waals surface area contributed by atoms with Crippen molar-refractivity contribution in [2.45, 2.75) is 50.7 Å². The molecule has 3 aromatic rings. The second kappa shape index (κ2) is 11.7. The van der Waals surface area contributed by atoms with Gasteiger partial charge >= 0.3 is 12.1 Å². The van der Waals surface area contributed by atoms with Crippen LogP contribution >= 0.6 is 0 Å². The molecule has 0 spiro atoms. The third-order valence-corrected chi connectivity index (χ3v) is 6.57. The molecule has 2 amide bonds. The first kappa shape index (κ1) is 27.8. The van der Waals surface area contributed by atoms with Crippen molar-refractivity contribution < 1.29 is 37.1 Å². The zero-order chi connectivity index (χ0) is 28.2. The Morgan fingerprint density at radius 1 is 1.03 bits per heavy atom. The molecule has 4 N–H and O–H groups in total. The van der Waals surface area contributed by atoms with Gasteiger partial charge in [-0.2, -0.15) is 13.2 Å². The molecule has 2 aliphatic rings. The zero-order valence-corrected chi connectivity index (χ0v) is 20.7. The molecular formula is C27H26F4N4O4. The Morgan fingerprint density at radius 3 is 2.38 bits per heavy atom. The first-order valence-corrected chi connectivity index (χ1v) is 12.4. The predicted molar refractivity (Wildman–Crippen MR) is 133 cm³/mol.